The highest BCUT2D eigenvalue weighted by Gasteiger charge is 2.06. The van der Waals surface area contributed by atoms with Crippen molar-refractivity contribution < 1.29 is 9.84 Å². The topological polar surface area (TPSA) is 29.5 Å². The van der Waals surface area contributed by atoms with Crippen LogP contribution < -0.4 is 0 Å². The standard InChI is InChI=1S/C13H20O2/c1-3-9-15-10-13(14)12-7-5-11(4-2)6-8-12/h5-8,13-14H,3-4,9-10H2,1-2H3. The summed E-state index contributed by atoms with van der Waals surface area (Å²) in [5.74, 6) is 0. The van der Waals surface area contributed by atoms with Crippen LogP contribution in [0.4, 0.5) is 0 Å². The van der Waals surface area contributed by atoms with Crippen molar-refractivity contribution in [1.82, 2.24) is 0 Å². The molecule has 0 amide bonds. The maximum Gasteiger partial charge on any atom is 0.102 e. The van der Waals surface area contributed by atoms with E-state index < -0.39 is 6.10 Å². The van der Waals surface area contributed by atoms with Crippen LogP contribution in [-0.2, 0) is 11.2 Å². The van der Waals surface area contributed by atoms with Gasteiger partial charge in [-0.15, -0.1) is 0 Å². The average molecular weight is 208 g/mol. The molecule has 2 nitrogen and oxygen atoms in total. The fourth-order valence-corrected chi connectivity index (χ4v) is 1.41. The van der Waals surface area contributed by atoms with E-state index in [1.807, 2.05) is 12.1 Å². The Hall–Kier alpha value is -0.860. The maximum atomic E-state index is 9.79. The van der Waals surface area contributed by atoms with Crippen molar-refractivity contribution >= 4 is 0 Å². The molecule has 0 spiro atoms. The normalized spacial score (nSPS) is 12.7. The second-order valence-corrected chi connectivity index (χ2v) is 3.69. The van der Waals surface area contributed by atoms with E-state index in [1.54, 1.807) is 0 Å². The SMILES string of the molecule is CCCOCC(O)c1ccc(CC)cc1. The lowest BCUT2D eigenvalue weighted by molar-refractivity contribution is 0.0364. The molecule has 1 unspecified atom stereocenters. The van der Waals surface area contributed by atoms with Crippen LogP contribution in [0, 0.1) is 0 Å². The predicted octanol–water partition coefficient (Wildman–Crippen LogP) is 2.71. The van der Waals surface area contributed by atoms with Crippen molar-refractivity contribution in [1.29, 1.82) is 0 Å². The van der Waals surface area contributed by atoms with Crippen LogP contribution in [0.3, 0.4) is 0 Å². The fourth-order valence-electron chi connectivity index (χ4n) is 1.41. The minimum atomic E-state index is -0.498. The first-order valence-electron chi connectivity index (χ1n) is 5.62. The third kappa shape index (κ3) is 4.02. The number of aliphatic hydroxyl groups excluding tert-OH is 1. The Bertz CT molecular complexity index is 266. The van der Waals surface area contributed by atoms with Gasteiger partial charge in [-0.2, -0.15) is 0 Å². The quantitative estimate of drug-likeness (QED) is 0.728. The largest absolute Gasteiger partial charge is 0.386 e. The van der Waals surface area contributed by atoms with Crippen LogP contribution in [0.2, 0.25) is 0 Å². The van der Waals surface area contributed by atoms with Gasteiger partial charge in [0.05, 0.1) is 6.61 Å². The highest BCUT2D eigenvalue weighted by molar-refractivity contribution is 5.24. The molecule has 1 rings (SSSR count). The molecule has 2 heteroatoms. The first kappa shape index (κ1) is 12.2. The zero-order chi connectivity index (χ0) is 11.1. The third-order valence-corrected chi connectivity index (χ3v) is 2.40. The van der Waals surface area contributed by atoms with Gasteiger partial charge in [0.25, 0.3) is 0 Å². The summed E-state index contributed by atoms with van der Waals surface area (Å²) in [6.07, 6.45) is 1.52. The maximum absolute atomic E-state index is 9.79. The van der Waals surface area contributed by atoms with E-state index in [9.17, 15) is 5.11 Å². The summed E-state index contributed by atoms with van der Waals surface area (Å²) in [6.45, 7) is 5.28. The Balaban J connectivity index is 2.46. The molecule has 0 saturated carbocycles. The molecule has 0 fully saturated rings. The zero-order valence-corrected chi connectivity index (χ0v) is 9.57. The van der Waals surface area contributed by atoms with Gasteiger partial charge in [0, 0.05) is 6.61 Å². The second kappa shape index (κ2) is 6.59. The molecule has 1 N–H and O–H groups in total. The molecule has 1 atom stereocenters. The number of rotatable bonds is 6. The highest BCUT2D eigenvalue weighted by atomic mass is 16.5. The summed E-state index contributed by atoms with van der Waals surface area (Å²) in [7, 11) is 0. The van der Waals surface area contributed by atoms with Crippen molar-refractivity contribution in [3.63, 3.8) is 0 Å². The molecular formula is C13H20O2. The summed E-state index contributed by atoms with van der Waals surface area (Å²) in [5.41, 5.74) is 2.23. The predicted molar refractivity (Wildman–Crippen MR) is 61.9 cm³/mol. The molecule has 0 aliphatic carbocycles. The molecule has 0 aliphatic heterocycles. The van der Waals surface area contributed by atoms with E-state index in [1.165, 1.54) is 5.56 Å². The lowest BCUT2D eigenvalue weighted by atomic mass is 10.1. The van der Waals surface area contributed by atoms with Gasteiger partial charge in [0.2, 0.25) is 0 Å². The summed E-state index contributed by atoms with van der Waals surface area (Å²) >= 11 is 0. The summed E-state index contributed by atoms with van der Waals surface area (Å²) < 4.78 is 5.31. The number of hydrogen-bond acceptors (Lipinski definition) is 2. The van der Waals surface area contributed by atoms with Gasteiger partial charge < -0.3 is 9.84 Å². The van der Waals surface area contributed by atoms with E-state index >= 15 is 0 Å². The van der Waals surface area contributed by atoms with Gasteiger partial charge in [-0.05, 0) is 24.0 Å². The molecule has 0 bridgehead atoms. The lowest BCUT2D eigenvalue weighted by Crippen LogP contribution is -2.07. The van der Waals surface area contributed by atoms with Crippen LogP contribution in [0.5, 0.6) is 0 Å². The number of aliphatic hydroxyl groups is 1. The Morgan fingerprint density at radius 3 is 2.40 bits per heavy atom. The van der Waals surface area contributed by atoms with E-state index in [-0.39, 0.29) is 0 Å². The van der Waals surface area contributed by atoms with Gasteiger partial charge >= 0.3 is 0 Å². The molecule has 15 heavy (non-hydrogen) atoms. The van der Waals surface area contributed by atoms with Gasteiger partial charge in [-0.1, -0.05) is 38.1 Å². The van der Waals surface area contributed by atoms with E-state index in [4.69, 9.17) is 4.74 Å². The van der Waals surface area contributed by atoms with Crippen LogP contribution in [-0.4, -0.2) is 18.3 Å². The van der Waals surface area contributed by atoms with Gasteiger partial charge in [-0.25, -0.2) is 0 Å². The minimum absolute atomic E-state index is 0.388. The van der Waals surface area contributed by atoms with Crippen molar-refractivity contribution in [3.05, 3.63) is 35.4 Å². The lowest BCUT2D eigenvalue weighted by Gasteiger charge is -2.11. The molecule has 1 aromatic rings. The molecule has 0 aliphatic rings. The Kier molecular flexibility index (Phi) is 5.37. The number of hydrogen-bond donors (Lipinski definition) is 1. The minimum Gasteiger partial charge on any atom is -0.386 e. The van der Waals surface area contributed by atoms with Crippen LogP contribution >= 0.6 is 0 Å². The van der Waals surface area contributed by atoms with Crippen LogP contribution in [0.15, 0.2) is 24.3 Å². The monoisotopic (exact) mass is 208 g/mol. The van der Waals surface area contributed by atoms with Crippen molar-refractivity contribution in [2.45, 2.75) is 32.8 Å². The molecule has 0 radical (unpaired) electrons. The van der Waals surface area contributed by atoms with E-state index in [0.29, 0.717) is 13.2 Å². The molecule has 0 aromatic heterocycles. The molecule has 1 aromatic carbocycles. The molecule has 0 heterocycles. The summed E-state index contributed by atoms with van der Waals surface area (Å²) in [4.78, 5) is 0. The molecular weight excluding hydrogens is 188 g/mol. The first-order chi connectivity index (χ1) is 7.27. The van der Waals surface area contributed by atoms with Crippen molar-refractivity contribution in [3.8, 4) is 0 Å². The summed E-state index contributed by atoms with van der Waals surface area (Å²) in [5, 5.41) is 9.79. The Morgan fingerprint density at radius 1 is 1.20 bits per heavy atom. The summed E-state index contributed by atoms with van der Waals surface area (Å²) in [6, 6.07) is 8.05. The number of ether oxygens (including phenoxy) is 1. The van der Waals surface area contributed by atoms with Crippen LogP contribution in [0.1, 0.15) is 37.5 Å². The smallest absolute Gasteiger partial charge is 0.102 e. The van der Waals surface area contributed by atoms with Crippen molar-refractivity contribution in [2.24, 2.45) is 0 Å². The van der Waals surface area contributed by atoms with Crippen molar-refractivity contribution in [2.75, 3.05) is 13.2 Å². The Labute approximate surface area is 91.9 Å². The highest BCUT2D eigenvalue weighted by Crippen LogP contribution is 2.14. The van der Waals surface area contributed by atoms with E-state index in [2.05, 4.69) is 26.0 Å². The molecule has 84 valence electrons. The first-order valence-corrected chi connectivity index (χ1v) is 5.62. The van der Waals surface area contributed by atoms with Gasteiger partial charge in [-0.3, -0.25) is 0 Å². The fraction of sp³-hybridized carbons (Fsp3) is 0.538. The number of aryl methyl sites for hydroxylation is 1. The number of benzene rings is 1. The second-order valence-electron chi connectivity index (χ2n) is 3.69. The van der Waals surface area contributed by atoms with Gasteiger partial charge in [0.1, 0.15) is 6.10 Å². The third-order valence-electron chi connectivity index (χ3n) is 2.40. The average Bonchev–Trinajstić information content (AvgIpc) is 2.29. The Morgan fingerprint density at radius 2 is 1.87 bits per heavy atom. The van der Waals surface area contributed by atoms with E-state index in [0.717, 1.165) is 18.4 Å². The van der Waals surface area contributed by atoms with Gasteiger partial charge in [0.15, 0.2) is 0 Å². The van der Waals surface area contributed by atoms with Crippen LogP contribution in [0.25, 0.3) is 0 Å². The molecule has 0 saturated heterocycles. The zero-order valence-electron chi connectivity index (χ0n) is 9.57.